The van der Waals surface area contributed by atoms with Crippen molar-refractivity contribution in [3.63, 3.8) is 0 Å². The van der Waals surface area contributed by atoms with Gasteiger partial charge in [-0.05, 0) is 104 Å². The lowest BCUT2D eigenvalue weighted by atomic mass is 9.81. The van der Waals surface area contributed by atoms with Crippen LogP contribution < -0.4 is 9.80 Å². The molecule has 1 N–H and O–H groups in total. The van der Waals surface area contributed by atoms with Crippen molar-refractivity contribution < 1.29 is 36.2 Å². The standard InChI is InChI=1S/C30H36F6N6O2.ClH/c1-5-41(15-20-6-8-22(9-7-20)27(43)44)26-11-19(3)18(2)10-23(26)17-42(28-37-39-40(4)38-28)16-21-12-24(29(31,32)33)14-25(13-21)30(34,35)36;/h10-14,20,22H,5-9,15-17H2,1-4H3,(H,43,44);1H. The number of alkyl halides is 6. The Balaban J connectivity index is 0.00000552. The molecule has 1 aromatic heterocycles. The third-order valence-electron chi connectivity index (χ3n) is 8.25. The average molecular weight is 663 g/mol. The van der Waals surface area contributed by atoms with Crippen LogP contribution >= 0.6 is 12.4 Å². The largest absolute Gasteiger partial charge is 0.481 e. The van der Waals surface area contributed by atoms with Gasteiger partial charge in [0.05, 0.1) is 24.1 Å². The molecule has 248 valence electrons. The molecule has 1 saturated carbocycles. The van der Waals surface area contributed by atoms with Crippen LogP contribution in [0.2, 0.25) is 0 Å². The Morgan fingerprint density at radius 3 is 1.98 bits per heavy atom. The summed E-state index contributed by atoms with van der Waals surface area (Å²) < 4.78 is 81.7. The summed E-state index contributed by atoms with van der Waals surface area (Å²) in [7, 11) is 1.51. The van der Waals surface area contributed by atoms with Gasteiger partial charge in [0.1, 0.15) is 0 Å². The fourth-order valence-electron chi connectivity index (χ4n) is 5.72. The lowest BCUT2D eigenvalue weighted by molar-refractivity contribution is -0.144. The number of nitrogens with zero attached hydrogens (tertiary/aromatic N) is 6. The van der Waals surface area contributed by atoms with Crippen molar-refractivity contribution in [1.29, 1.82) is 0 Å². The topological polar surface area (TPSA) is 87.4 Å². The first kappa shape index (κ1) is 35.9. The molecular formula is C30H37ClF6N6O2. The van der Waals surface area contributed by atoms with E-state index in [0.29, 0.717) is 38.1 Å². The van der Waals surface area contributed by atoms with Crippen molar-refractivity contribution in [2.45, 2.75) is 71.9 Å². The lowest BCUT2D eigenvalue weighted by Gasteiger charge is -2.34. The van der Waals surface area contributed by atoms with Crippen LogP contribution in [0.4, 0.5) is 38.0 Å². The number of aryl methyl sites for hydroxylation is 3. The summed E-state index contributed by atoms with van der Waals surface area (Å²) in [6, 6.07) is 5.53. The molecule has 0 spiro atoms. The van der Waals surface area contributed by atoms with Gasteiger partial charge in [0.15, 0.2) is 0 Å². The lowest BCUT2D eigenvalue weighted by Crippen LogP contribution is -2.34. The molecule has 0 radical (unpaired) electrons. The fourth-order valence-corrected chi connectivity index (χ4v) is 5.72. The predicted octanol–water partition coefficient (Wildman–Crippen LogP) is 7.21. The second-order valence-electron chi connectivity index (χ2n) is 11.5. The second kappa shape index (κ2) is 14.3. The number of hydrogen-bond donors (Lipinski definition) is 1. The number of aromatic nitrogens is 4. The van der Waals surface area contributed by atoms with E-state index < -0.39 is 29.4 Å². The summed E-state index contributed by atoms with van der Waals surface area (Å²) in [5.41, 5.74) is 0.676. The molecule has 15 heteroatoms. The molecule has 0 unspecified atom stereocenters. The van der Waals surface area contributed by atoms with Gasteiger partial charge in [-0.15, -0.1) is 17.5 Å². The molecule has 4 rings (SSSR count). The highest BCUT2D eigenvalue weighted by Gasteiger charge is 2.37. The van der Waals surface area contributed by atoms with Crippen LogP contribution in [0.15, 0.2) is 30.3 Å². The second-order valence-corrected chi connectivity index (χ2v) is 11.5. The summed E-state index contributed by atoms with van der Waals surface area (Å²) in [5.74, 6) is -0.769. The summed E-state index contributed by atoms with van der Waals surface area (Å²) in [6.07, 6.45) is -7.17. The molecule has 1 heterocycles. The maximum Gasteiger partial charge on any atom is 0.416 e. The van der Waals surface area contributed by atoms with E-state index in [1.807, 2.05) is 32.9 Å². The number of carboxylic acids is 1. The maximum absolute atomic E-state index is 13.6. The fraction of sp³-hybridized carbons (Fsp3) is 0.533. The molecule has 3 aromatic rings. The number of anilines is 2. The van der Waals surface area contributed by atoms with Crippen LogP contribution in [0.1, 0.15) is 66.0 Å². The van der Waals surface area contributed by atoms with E-state index in [0.717, 1.165) is 35.2 Å². The predicted molar refractivity (Wildman–Crippen MR) is 159 cm³/mol. The van der Waals surface area contributed by atoms with Gasteiger partial charge in [0, 0.05) is 31.9 Å². The van der Waals surface area contributed by atoms with Crippen LogP contribution in [0.25, 0.3) is 0 Å². The molecule has 0 bridgehead atoms. The third-order valence-corrected chi connectivity index (χ3v) is 8.25. The SMILES string of the molecule is CCN(CC1CCC(C(=O)O)CC1)c1cc(C)c(C)cc1CN(Cc1cc(C(F)(F)F)cc(C(F)(F)F)c1)c1nnn(C)n1.Cl. The van der Waals surface area contributed by atoms with Crippen molar-refractivity contribution in [3.05, 3.63) is 63.7 Å². The highest BCUT2D eigenvalue weighted by Crippen LogP contribution is 2.37. The molecule has 45 heavy (non-hydrogen) atoms. The van der Waals surface area contributed by atoms with E-state index in [9.17, 15) is 36.2 Å². The summed E-state index contributed by atoms with van der Waals surface area (Å²) in [6.45, 7) is 6.98. The highest BCUT2D eigenvalue weighted by molar-refractivity contribution is 5.85. The smallest absolute Gasteiger partial charge is 0.416 e. The first-order chi connectivity index (χ1) is 20.5. The van der Waals surface area contributed by atoms with Gasteiger partial charge >= 0.3 is 18.3 Å². The average Bonchev–Trinajstić information content (AvgIpc) is 3.38. The highest BCUT2D eigenvalue weighted by atomic mass is 35.5. The van der Waals surface area contributed by atoms with Gasteiger partial charge < -0.3 is 14.9 Å². The monoisotopic (exact) mass is 662 g/mol. The van der Waals surface area contributed by atoms with Crippen LogP contribution in [0.3, 0.4) is 0 Å². The molecule has 0 atom stereocenters. The molecule has 1 aliphatic carbocycles. The summed E-state index contributed by atoms with van der Waals surface area (Å²) >= 11 is 0. The van der Waals surface area contributed by atoms with Crippen LogP contribution in [-0.2, 0) is 37.3 Å². The number of rotatable bonds is 10. The Kier molecular flexibility index (Phi) is 11.4. The Hall–Kier alpha value is -3.55. The van der Waals surface area contributed by atoms with Gasteiger partial charge in [-0.1, -0.05) is 11.2 Å². The zero-order valence-electron chi connectivity index (χ0n) is 25.4. The molecule has 1 aliphatic rings. The quantitative estimate of drug-likeness (QED) is 0.230. The number of carbonyl (C=O) groups is 1. The minimum atomic E-state index is -4.97. The number of hydrogen-bond acceptors (Lipinski definition) is 6. The normalized spacial score (nSPS) is 17.1. The molecule has 0 saturated heterocycles. The van der Waals surface area contributed by atoms with E-state index in [1.165, 1.54) is 16.7 Å². The number of benzene rings is 2. The number of carboxylic acid groups (broad SMARTS) is 1. The maximum atomic E-state index is 13.6. The Bertz CT molecular complexity index is 1440. The van der Waals surface area contributed by atoms with Gasteiger partial charge in [-0.25, -0.2) is 0 Å². The minimum absolute atomic E-state index is 0. The zero-order valence-corrected chi connectivity index (χ0v) is 26.2. The van der Waals surface area contributed by atoms with Crippen LogP contribution in [0.5, 0.6) is 0 Å². The van der Waals surface area contributed by atoms with Crippen molar-refractivity contribution in [1.82, 2.24) is 20.2 Å². The first-order valence-electron chi connectivity index (χ1n) is 14.4. The van der Waals surface area contributed by atoms with E-state index in [4.69, 9.17) is 0 Å². The van der Waals surface area contributed by atoms with Crippen LogP contribution in [0, 0.1) is 25.7 Å². The zero-order chi connectivity index (χ0) is 32.4. The Labute approximate surface area is 263 Å². The van der Waals surface area contributed by atoms with Crippen molar-refractivity contribution >= 4 is 30.0 Å². The summed E-state index contributed by atoms with van der Waals surface area (Å²) in [4.78, 5) is 16.3. The van der Waals surface area contributed by atoms with E-state index in [2.05, 4.69) is 20.3 Å². The van der Waals surface area contributed by atoms with Crippen molar-refractivity contribution in [2.75, 3.05) is 22.9 Å². The van der Waals surface area contributed by atoms with Gasteiger partial charge in [-0.3, -0.25) is 4.79 Å². The Morgan fingerprint density at radius 2 is 1.49 bits per heavy atom. The van der Waals surface area contributed by atoms with E-state index >= 15 is 0 Å². The van der Waals surface area contributed by atoms with E-state index in [1.54, 1.807) is 0 Å². The molecular weight excluding hydrogens is 626 g/mol. The van der Waals surface area contributed by atoms with Crippen LogP contribution in [-0.4, -0.2) is 44.4 Å². The number of halogens is 7. The molecule has 0 amide bonds. The molecule has 2 aromatic carbocycles. The summed E-state index contributed by atoms with van der Waals surface area (Å²) in [5, 5.41) is 21.4. The van der Waals surface area contributed by atoms with Crippen molar-refractivity contribution in [3.8, 4) is 0 Å². The van der Waals surface area contributed by atoms with Gasteiger partial charge in [0.25, 0.3) is 5.95 Å². The van der Waals surface area contributed by atoms with Gasteiger partial charge in [-0.2, -0.15) is 31.1 Å². The molecule has 8 nitrogen and oxygen atoms in total. The molecule has 1 fully saturated rings. The molecule has 0 aliphatic heterocycles. The number of tetrazole rings is 1. The minimum Gasteiger partial charge on any atom is -0.481 e. The van der Waals surface area contributed by atoms with E-state index in [-0.39, 0.29) is 54.9 Å². The Morgan fingerprint density at radius 1 is 0.911 bits per heavy atom. The van der Waals surface area contributed by atoms with Gasteiger partial charge in [0.2, 0.25) is 0 Å². The third kappa shape index (κ3) is 9.01. The first-order valence-corrected chi connectivity index (χ1v) is 14.4. The van der Waals surface area contributed by atoms with Crippen molar-refractivity contribution in [2.24, 2.45) is 18.9 Å². The number of aliphatic carboxylic acids is 1.